The van der Waals surface area contributed by atoms with Crippen LogP contribution in [0.4, 0.5) is 5.69 Å². The van der Waals surface area contributed by atoms with Gasteiger partial charge in [-0.2, -0.15) is 8.42 Å². The fourth-order valence-corrected chi connectivity index (χ4v) is 1.74. The van der Waals surface area contributed by atoms with Crippen molar-refractivity contribution in [3.8, 4) is 0 Å². The number of nitrogen functional groups attached to an aromatic ring is 1. The summed E-state index contributed by atoms with van der Waals surface area (Å²) in [6.45, 7) is 0. The Morgan fingerprint density at radius 1 is 1.46 bits per heavy atom. The number of hydrogen-bond donors (Lipinski definition) is 2. The fourth-order valence-electron chi connectivity index (χ4n) is 0.904. The van der Waals surface area contributed by atoms with Gasteiger partial charge in [-0.25, -0.2) is 0 Å². The Morgan fingerprint density at radius 2 is 2.08 bits per heavy atom. The van der Waals surface area contributed by atoms with E-state index in [2.05, 4.69) is 0 Å². The summed E-state index contributed by atoms with van der Waals surface area (Å²) in [6.07, 6.45) is 0. The molecule has 1 aromatic carbocycles. The molecule has 4 nitrogen and oxygen atoms in total. The summed E-state index contributed by atoms with van der Waals surface area (Å²) in [5.41, 5.74) is 5.97. The van der Waals surface area contributed by atoms with Gasteiger partial charge >= 0.3 is 0 Å². The Kier molecular flexibility index (Phi) is 2.80. The van der Waals surface area contributed by atoms with E-state index in [1.54, 1.807) is 12.1 Å². The van der Waals surface area contributed by atoms with Crippen LogP contribution in [0.2, 0.25) is 5.02 Å². The molecule has 0 bridgehead atoms. The van der Waals surface area contributed by atoms with Gasteiger partial charge < -0.3 is 5.73 Å². The molecule has 0 spiro atoms. The summed E-state index contributed by atoms with van der Waals surface area (Å²) >= 11 is 5.64. The molecule has 0 saturated heterocycles. The number of benzene rings is 1. The highest BCUT2D eigenvalue weighted by Crippen LogP contribution is 2.23. The molecule has 6 heteroatoms. The van der Waals surface area contributed by atoms with Crippen LogP contribution in [0.5, 0.6) is 0 Å². The Labute approximate surface area is 81.1 Å². The second-order valence-electron chi connectivity index (χ2n) is 2.54. The Hall–Kier alpha value is -0.780. The third-order valence-corrected chi connectivity index (χ3v) is 2.49. The molecule has 3 N–H and O–H groups in total. The number of para-hydroxylation sites is 1. The number of hydrogen-bond acceptors (Lipinski definition) is 3. The third kappa shape index (κ3) is 2.87. The van der Waals surface area contributed by atoms with Gasteiger partial charge in [0.1, 0.15) is 5.75 Å². The molecular formula is C7H8ClNO3S. The van der Waals surface area contributed by atoms with Crippen LogP contribution in [0, 0.1) is 0 Å². The van der Waals surface area contributed by atoms with Gasteiger partial charge in [-0.05, 0) is 11.6 Å². The average Bonchev–Trinajstić information content (AvgIpc) is 1.96. The maximum absolute atomic E-state index is 10.5. The highest BCUT2D eigenvalue weighted by atomic mass is 35.5. The molecule has 0 atom stereocenters. The first-order valence-corrected chi connectivity index (χ1v) is 5.37. The zero-order valence-electron chi connectivity index (χ0n) is 6.57. The van der Waals surface area contributed by atoms with Crippen LogP contribution >= 0.6 is 11.6 Å². The number of halogens is 1. The number of rotatable bonds is 2. The molecule has 1 rings (SSSR count). The van der Waals surface area contributed by atoms with E-state index in [4.69, 9.17) is 21.9 Å². The summed E-state index contributed by atoms with van der Waals surface area (Å²) in [7, 11) is -4.06. The van der Waals surface area contributed by atoms with Crippen LogP contribution in [0.3, 0.4) is 0 Å². The zero-order valence-corrected chi connectivity index (χ0v) is 8.14. The molecule has 0 unspecified atom stereocenters. The molecule has 0 fully saturated rings. The molecule has 0 aliphatic heterocycles. The van der Waals surface area contributed by atoms with Gasteiger partial charge in [0.05, 0.1) is 10.7 Å². The molecule has 0 amide bonds. The van der Waals surface area contributed by atoms with Crippen LogP contribution in [-0.4, -0.2) is 13.0 Å². The van der Waals surface area contributed by atoms with E-state index in [-0.39, 0.29) is 10.7 Å². The lowest BCUT2D eigenvalue weighted by atomic mass is 10.2. The van der Waals surface area contributed by atoms with Crippen molar-refractivity contribution in [2.24, 2.45) is 0 Å². The van der Waals surface area contributed by atoms with Crippen molar-refractivity contribution in [2.75, 3.05) is 5.73 Å². The third-order valence-electron chi connectivity index (χ3n) is 1.48. The van der Waals surface area contributed by atoms with Crippen LogP contribution in [0.15, 0.2) is 18.2 Å². The normalized spacial score (nSPS) is 11.5. The quantitative estimate of drug-likeness (QED) is 0.583. The van der Waals surface area contributed by atoms with Gasteiger partial charge in [0.2, 0.25) is 0 Å². The minimum absolute atomic E-state index is 0.182. The lowest BCUT2D eigenvalue weighted by Crippen LogP contribution is -2.04. The standard InChI is InChI=1S/C7H8ClNO3S/c8-6-3-1-2-5(7(6)9)4-13(10,11)12/h1-3H,4,9H2,(H,10,11,12). The van der Waals surface area contributed by atoms with Crippen molar-refractivity contribution in [1.29, 1.82) is 0 Å². The molecule has 0 aliphatic rings. The van der Waals surface area contributed by atoms with Gasteiger partial charge in [-0.1, -0.05) is 23.7 Å². The van der Waals surface area contributed by atoms with E-state index in [0.717, 1.165) is 0 Å². The number of anilines is 1. The second kappa shape index (κ2) is 3.53. The Morgan fingerprint density at radius 3 is 2.62 bits per heavy atom. The van der Waals surface area contributed by atoms with Crippen molar-refractivity contribution in [1.82, 2.24) is 0 Å². The topological polar surface area (TPSA) is 80.4 Å². The predicted octanol–water partition coefficient (Wildman–Crippen LogP) is 1.31. The molecule has 1 aromatic rings. The summed E-state index contributed by atoms with van der Waals surface area (Å²) in [5.74, 6) is -0.514. The highest BCUT2D eigenvalue weighted by Gasteiger charge is 2.10. The van der Waals surface area contributed by atoms with Crippen LogP contribution in [0.25, 0.3) is 0 Å². The first-order chi connectivity index (χ1) is 5.90. The molecule has 0 saturated carbocycles. The second-order valence-corrected chi connectivity index (χ2v) is 4.40. The minimum atomic E-state index is -4.06. The van der Waals surface area contributed by atoms with Crippen molar-refractivity contribution >= 4 is 27.4 Å². The van der Waals surface area contributed by atoms with Gasteiger partial charge in [-0.15, -0.1) is 0 Å². The van der Waals surface area contributed by atoms with Gasteiger partial charge in [0.25, 0.3) is 10.1 Å². The van der Waals surface area contributed by atoms with Gasteiger partial charge in [-0.3, -0.25) is 4.55 Å². The summed E-state index contributed by atoms with van der Waals surface area (Å²) < 4.78 is 29.6. The molecule has 0 radical (unpaired) electrons. The molecule has 0 aliphatic carbocycles. The Balaban J connectivity index is 3.10. The average molecular weight is 222 g/mol. The monoisotopic (exact) mass is 221 g/mol. The van der Waals surface area contributed by atoms with Crippen LogP contribution in [0.1, 0.15) is 5.56 Å². The predicted molar refractivity (Wildman–Crippen MR) is 51.1 cm³/mol. The molecule has 13 heavy (non-hydrogen) atoms. The summed E-state index contributed by atoms with van der Waals surface area (Å²) in [4.78, 5) is 0. The largest absolute Gasteiger partial charge is 0.397 e. The van der Waals surface area contributed by atoms with Crippen LogP contribution < -0.4 is 5.73 Å². The van der Waals surface area contributed by atoms with E-state index < -0.39 is 15.9 Å². The van der Waals surface area contributed by atoms with E-state index in [9.17, 15) is 8.42 Å². The molecule has 72 valence electrons. The van der Waals surface area contributed by atoms with Crippen molar-refractivity contribution in [3.63, 3.8) is 0 Å². The maximum Gasteiger partial charge on any atom is 0.269 e. The molecule has 0 heterocycles. The van der Waals surface area contributed by atoms with Gasteiger partial charge in [0, 0.05) is 0 Å². The first kappa shape index (κ1) is 10.3. The van der Waals surface area contributed by atoms with E-state index >= 15 is 0 Å². The molecule has 0 aromatic heterocycles. The smallest absolute Gasteiger partial charge is 0.269 e. The van der Waals surface area contributed by atoms with Crippen molar-refractivity contribution in [2.45, 2.75) is 5.75 Å². The lowest BCUT2D eigenvalue weighted by Gasteiger charge is -2.04. The van der Waals surface area contributed by atoms with Crippen molar-refractivity contribution in [3.05, 3.63) is 28.8 Å². The Bertz CT molecular complexity index is 416. The maximum atomic E-state index is 10.5. The number of nitrogens with two attached hydrogens (primary N) is 1. The zero-order chi connectivity index (χ0) is 10.1. The minimum Gasteiger partial charge on any atom is -0.397 e. The summed E-state index contributed by atoms with van der Waals surface area (Å²) in [6, 6.07) is 4.61. The van der Waals surface area contributed by atoms with Gasteiger partial charge in [0.15, 0.2) is 0 Å². The van der Waals surface area contributed by atoms with Crippen molar-refractivity contribution < 1.29 is 13.0 Å². The lowest BCUT2D eigenvalue weighted by molar-refractivity contribution is 0.482. The first-order valence-electron chi connectivity index (χ1n) is 3.38. The summed E-state index contributed by atoms with van der Waals surface area (Å²) in [5, 5.41) is 0.279. The van der Waals surface area contributed by atoms with Crippen LogP contribution in [-0.2, 0) is 15.9 Å². The SMILES string of the molecule is Nc1c(Cl)cccc1CS(=O)(=O)O. The van der Waals surface area contributed by atoms with E-state index in [1.165, 1.54) is 6.07 Å². The molecular weight excluding hydrogens is 214 g/mol. The van der Waals surface area contributed by atoms with E-state index in [0.29, 0.717) is 5.56 Å². The van der Waals surface area contributed by atoms with E-state index in [1.807, 2.05) is 0 Å². The fraction of sp³-hybridized carbons (Fsp3) is 0.143. The highest BCUT2D eigenvalue weighted by molar-refractivity contribution is 7.85.